The average molecular weight is 296 g/mol. The van der Waals surface area contributed by atoms with E-state index in [4.69, 9.17) is 0 Å². The maximum atomic E-state index is 12.8. The molecule has 20 heavy (non-hydrogen) atoms. The van der Waals surface area contributed by atoms with Gasteiger partial charge in [-0.2, -0.15) is 0 Å². The van der Waals surface area contributed by atoms with Crippen LogP contribution in [-0.2, 0) is 4.79 Å². The first-order chi connectivity index (χ1) is 9.63. The fourth-order valence-electron chi connectivity index (χ4n) is 2.36. The molecule has 2 rings (SSSR count). The molecule has 1 fully saturated rings. The second kappa shape index (κ2) is 7.64. The lowest BCUT2D eigenvalue weighted by Crippen LogP contribution is -2.46. The van der Waals surface area contributed by atoms with E-state index in [9.17, 15) is 9.18 Å². The standard InChI is InChI=1S/C15H21FN2OS/c1-11-10-13(6-8-17-11)18-15(19)7-9-20-14-4-2-12(16)3-5-14/h2-5,11,13,17H,6-10H2,1H3,(H,18,19). The van der Waals surface area contributed by atoms with Gasteiger partial charge in [-0.15, -0.1) is 11.8 Å². The van der Waals surface area contributed by atoms with Gasteiger partial charge in [0.15, 0.2) is 0 Å². The van der Waals surface area contributed by atoms with Gasteiger partial charge in [0, 0.05) is 29.2 Å². The summed E-state index contributed by atoms with van der Waals surface area (Å²) in [5.74, 6) is 0.601. The number of carbonyl (C=O) groups is 1. The molecule has 1 aliphatic heterocycles. The van der Waals surface area contributed by atoms with Gasteiger partial charge in [0.2, 0.25) is 5.91 Å². The van der Waals surface area contributed by atoms with Crippen LogP contribution in [0.25, 0.3) is 0 Å². The van der Waals surface area contributed by atoms with Crippen LogP contribution in [0, 0.1) is 5.82 Å². The molecule has 1 aliphatic rings. The molecule has 0 radical (unpaired) electrons. The van der Waals surface area contributed by atoms with Crippen molar-refractivity contribution in [3.63, 3.8) is 0 Å². The summed E-state index contributed by atoms with van der Waals surface area (Å²) >= 11 is 1.58. The van der Waals surface area contributed by atoms with Crippen molar-refractivity contribution in [2.45, 2.75) is 43.2 Å². The van der Waals surface area contributed by atoms with E-state index < -0.39 is 0 Å². The Morgan fingerprint density at radius 3 is 2.90 bits per heavy atom. The van der Waals surface area contributed by atoms with E-state index in [0.29, 0.717) is 18.5 Å². The minimum Gasteiger partial charge on any atom is -0.353 e. The Hall–Kier alpha value is -1.07. The van der Waals surface area contributed by atoms with Crippen molar-refractivity contribution < 1.29 is 9.18 Å². The number of benzene rings is 1. The van der Waals surface area contributed by atoms with E-state index in [1.807, 2.05) is 0 Å². The van der Waals surface area contributed by atoms with Gasteiger partial charge in [0.1, 0.15) is 5.82 Å². The van der Waals surface area contributed by atoms with Crippen LogP contribution >= 0.6 is 11.8 Å². The Morgan fingerprint density at radius 2 is 2.20 bits per heavy atom. The first-order valence-electron chi connectivity index (χ1n) is 7.04. The van der Waals surface area contributed by atoms with Gasteiger partial charge >= 0.3 is 0 Å². The Balaban J connectivity index is 1.66. The number of hydrogen-bond donors (Lipinski definition) is 2. The van der Waals surface area contributed by atoms with E-state index in [1.165, 1.54) is 12.1 Å². The van der Waals surface area contributed by atoms with Gasteiger partial charge in [-0.3, -0.25) is 4.79 Å². The second-order valence-electron chi connectivity index (χ2n) is 5.20. The highest BCUT2D eigenvalue weighted by molar-refractivity contribution is 7.99. The van der Waals surface area contributed by atoms with Gasteiger partial charge in [0.25, 0.3) is 0 Å². The minimum absolute atomic E-state index is 0.110. The molecule has 0 aromatic heterocycles. The quantitative estimate of drug-likeness (QED) is 0.821. The number of thioether (sulfide) groups is 1. The van der Waals surface area contributed by atoms with Crippen LogP contribution in [0.1, 0.15) is 26.2 Å². The molecular weight excluding hydrogens is 275 g/mol. The van der Waals surface area contributed by atoms with E-state index >= 15 is 0 Å². The molecule has 2 atom stereocenters. The van der Waals surface area contributed by atoms with Crippen LogP contribution in [-0.4, -0.2) is 30.3 Å². The fraction of sp³-hybridized carbons (Fsp3) is 0.533. The molecule has 110 valence electrons. The number of rotatable bonds is 5. The third kappa shape index (κ3) is 5.13. The number of nitrogens with one attached hydrogen (secondary N) is 2. The zero-order valence-electron chi connectivity index (χ0n) is 11.7. The van der Waals surface area contributed by atoms with Crippen molar-refractivity contribution in [1.29, 1.82) is 0 Å². The molecule has 2 N–H and O–H groups in total. The average Bonchev–Trinajstić information content (AvgIpc) is 2.41. The van der Waals surface area contributed by atoms with Crippen molar-refractivity contribution in [2.24, 2.45) is 0 Å². The first-order valence-corrected chi connectivity index (χ1v) is 8.03. The summed E-state index contributed by atoms with van der Waals surface area (Å²) in [6.07, 6.45) is 2.50. The predicted molar refractivity (Wildman–Crippen MR) is 80.4 cm³/mol. The lowest BCUT2D eigenvalue weighted by molar-refractivity contribution is -0.121. The Morgan fingerprint density at radius 1 is 1.45 bits per heavy atom. The van der Waals surface area contributed by atoms with Gasteiger partial charge in [-0.05, 0) is 50.6 Å². The van der Waals surface area contributed by atoms with Crippen LogP contribution in [0.15, 0.2) is 29.2 Å². The molecule has 1 saturated heterocycles. The molecule has 0 bridgehead atoms. The molecular formula is C15H21FN2OS. The largest absolute Gasteiger partial charge is 0.353 e. The number of carbonyl (C=O) groups excluding carboxylic acids is 1. The molecule has 0 saturated carbocycles. The summed E-state index contributed by atoms with van der Waals surface area (Å²) in [4.78, 5) is 12.9. The lowest BCUT2D eigenvalue weighted by Gasteiger charge is -2.28. The van der Waals surface area contributed by atoms with Crippen LogP contribution in [0.5, 0.6) is 0 Å². The molecule has 0 spiro atoms. The van der Waals surface area contributed by atoms with Crippen molar-refractivity contribution in [3.8, 4) is 0 Å². The van der Waals surface area contributed by atoms with Gasteiger partial charge in [0.05, 0.1) is 0 Å². The smallest absolute Gasteiger partial charge is 0.221 e. The molecule has 0 aliphatic carbocycles. The molecule has 1 amide bonds. The van der Waals surface area contributed by atoms with Crippen molar-refractivity contribution >= 4 is 17.7 Å². The minimum atomic E-state index is -0.230. The Bertz CT molecular complexity index is 438. The number of hydrogen-bond acceptors (Lipinski definition) is 3. The third-order valence-electron chi connectivity index (χ3n) is 3.40. The molecule has 2 unspecified atom stereocenters. The summed E-state index contributed by atoms with van der Waals surface area (Å²) in [6, 6.07) is 7.15. The van der Waals surface area contributed by atoms with Crippen LogP contribution in [0.2, 0.25) is 0 Å². The van der Waals surface area contributed by atoms with E-state index in [0.717, 1.165) is 30.0 Å². The molecule has 5 heteroatoms. The summed E-state index contributed by atoms with van der Waals surface area (Å²) in [5.41, 5.74) is 0. The summed E-state index contributed by atoms with van der Waals surface area (Å²) < 4.78 is 12.8. The molecule has 3 nitrogen and oxygen atoms in total. The third-order valence-corrected chi connectivity index (χ3v) is 4.41. The van der Waals surface area contributed by atoms with Crippen LogP contribution in [0.4, 0.5) is 4.39 Å². The van der Waals surface area contributed by atoms with Gasteiger partial charge in [-0.1, -0.05) is 0 Å². The Labute approximate surface area is 123 Å². The van der Waals surface area contributed by atoms with Gasteiger partial charge in [-0.25, -0.2) is 4.39 Å². The Kier molecular flexibility index (Phi) is 5.86. The highest BCUT2D eigenvalue weighted by atomic mass is 32.2. The number of halogens is 1. The van der Waals surface area contributed by atoms with Crippen molar-refractivity contribution in [2.75, 3.05) is 12.3 Å². The summed E-state index contributed by atoms with van der Waals surface area (Å²) in [5, 5.41) is 6.46. The fourth-order valence-corrected chi connectivity index (χ4v) is 3.21. The molecule has 1 aromatic rings. The predicted octanol–water partition coefficient (Wildman–Crippen LogP) is 2.56. The topological polar surface area (TPSA) is 41.1 Å². The zero-order chi connectivity index (χ0) is 14.4. The SMILES string of the molecule is CC1CC(NC(=O)CCSc2ccc(F)cc2)CCN1. The van der Waals surface area contributed by atoms with E-state index in [2.05, 4.69) is 17.6 Å². The van der Waals surface area contributed by atoms with Crippen LogP contribution in [0.3, 0.4) is 0 Å². The first kappa shape index (κ1) is 15.3. The van der Waals surface area contributed by atoms with Crippen LogP contribution < -0.4 is 10.6 Å². The maximum Gasteiger partial charge on any atom is 0.221 e. The van der Waals surface area contributed by atoms with Gasteiger partial charge < -0.3 is 10.6 Å². The molecule has 1 aromatic carbocycles. The number of piperidine rings is 1. The molecule has 1 heterocycles. The summed E-state index contributed by atoms with van der Waals surface area (Å²) in [6.45, 7) is 3.11. The summed E-state index contributed by atoms with van der Waals surface area (Å²) in [7, 11) is 0. The second-order valence-corrected chi connectivity index (χ2v) is 6.36. The normalized spacial score (nSPS) is 22.5. The maximum absolute atomic E-state index is 12.8. The highest BCUT2D eigenvalue weighted by Gasteiger charge is 2.19. The highest BCUT2D eigenvalue weighted by Crippen LogP contribution is 2.19. The van der Waals surface area contributed by atoms with E-state index in [1.54, 1.807) is 23.9 Å². The number of amides is 1. The van der Waals surface area contributed by atoms with E-state index in [-0.39, 0.29) is 11.7 Å². The zero-order valence-corrected chi connectivity index (χ0v) is 12.5. The van der Waals surface area contributed by atoms with Crippen molar-refractivity contribution in [3.05, 3.63) is 30.1 Å². The van der Waals surface area contributed by atoms with Crippen molar-refractivity contribution in [1.82, 2.24) is 10.6 Å². The monoisotopic (exact) mass is 296 g/mol. The lowest BCUT2D eigenvalue weighted by atomic mass is 10.0.